The zero-order chi connectivity index (χ0) is 48.4. The number of rotatable bonds is 37. The fraction of sp³-hybridized carbons (Fsp3) is 0.739. The molecule has 2 N–H and O–H groups in total. The highest BCUT2D eigenvalue weighted by atomic mass is 16.7. The minimum Gasteiger partial charge on any atom is -0.481 e. The predicted octanol–water partition coefficient (Wildman–Crippen LogP) is 5.02. The van der Waals surface area contributed by atoms with Crippen LogP contribution in [0.5, 0.6) is 0 Å². The smallest absolute Gasteiger partial charge is 0.330 e. The molecular weight excluding hydrogens is 872 g/mol. The highest BCUT2D eigenvalue weighted by Gasteiger charge is 2.32. The monoisotopic (exact) mass is 942 g/mol. The molecule has 20 heteroatoms. The molecule has 0 aromatic rings. The molecule has 0 amide bonds. The second-order valence-corrected chi connectivity index (χ2v) is 16.1. The van der Waals surface area contributed by atoms with Gasteiger partial charge in [-0.05, 0) is 96.3 Å². The Labute approximate surface area is 386 Å². The van der Waals surface area contributed by atoms with Gasteiger partial charge in [-0.2, -0.15) is 0 Å². The maximum Gasteiger partial charge on any atom is 0.330 e. The molecule has 2 aliphatic carbocycles. The number of carboxylic acids is 2. The van der Waals surface area contributed by atoms with Gasteiger partial charge in [0.25, 0.3) is 0 Å². The third-order valence-corrected chi connectivity index (χ3v) is 10.9. The van der Waals surface area contributed by atoms with Gasteiger partial charge in [0.2, 0.25) is 0 Å². The van der Waals surface area contributed by atoms with Crippen LogP contribution >= 0.6 is 0 Å². The van der Waals surface area contributed by atoms with Crippen LogP contribution in [0.1, 0.15) is 116 Å². The van der Waals surface area contributed by atoms with E-state index in [2.05, 4.69) is 13.2 Å². The Hall–Kier alpha value is -4.92. The second kappa shape index (κ2) is 35.3. The van der Waals surface area contributed by atoms with Gasteiger partial charge in [0.15, 0.2) is 0 Å². The Morgan fingerprint density at radius 3 is 1.45 bits per heavy atom. The lowest BCUT2D eigenvalue weighted by molar-refractivity contribution is -0.161. The van der Waals surface area contributed by atoms with Crippen molar-refractivity contribution >= 4 is 47.8 Å². The fourth-order valence-corrected chi connectivity index (χ4v) is 7.01. The first-order valence-corrected chi connectivity index (χ1v) is 22.9. The summed E-state index contributed by atoms with van der Waals surface area (Å²) in [5, 5.41) is 18.2. The quantitative estimate of drug-likeness (QED) is 0.0207. The van der Waals surface area contributed by atoms with Crippen molar-refractivity contribution in [1.29, 1.82) is 0 Å². The van der Waals surface area contributed by atoms with Crippen molar-refractivity contribution in [2.24, 2.45) is 23.7 Å². The number of esters is 6. The molecule has 0 spiro atoms. The zero-order valence-corrected chi connectivity index (χ0v) is 38.1. The number of hydrogen-bond donors (Lipinski definition) is 2. The first-order valence-electron chi connectivity index (χ1n) is 22.9. The summed E-state index contributed by atoms with van der Waals surface area (Å²) in [4.78, 5) is 96.2. The van der Waals surface area contributed by atoms with Gasteiger partial charge in [-0.3, -0.25) is 33.6 Å². The molecule has 0 aromatic heterocycles. The molecule has 2 unspecified atom stereocenters. The second-order valence-electron chi connectivity index (χ2n) is 16.1. The summed E-state index contributed by atoms with van der Waals surface area (Å²) in [5.41, 5.74) is 0. The van der Waals surface area contributed by atoms with Crippen molar-refractivity contribution in [2.75, 3.05) is 66.4 Å². The third kappa shape index (κ3) is 26.9. The summed E-state index contributed by atoms with van der Waals surface area (Å²) < 4.78 is 53.7. The van der Waals surface area contributed by atoms with Crippen LogP contribution < -0.4 is 0 Å². The lowest BCUT2D eigenvalue weighted by atomic mass is 9.82. The number of carboxylic acid groups (broad SMARTS) is 2. The van der Waals surface area contributed by atoms with Crippen LogP contribution in [0.4, 0.5) is 0 Å². The Kier molecular flexibility index (Phi) is 30.6. The number of ether oxygens (including phenoxy) is 10. The van der Waals surface area contributed by atoms with Gasteiger partial charge >= 0.3 is 47.8 Å². The Bertz CT molecular complexity index is 1500. The third-order valence-electron chi connectivity index (χ3n) is 10.9. The van der Waals surface area contributed by atoms with Crippen LogP contribution in [0.3, 0.4) is 0 Å². The summed E-state index contributed by atoms with van der Waals surface area (Å²) >= 11 is 0. The van der Waals surface area contributed by atoms with E-state index in [1.165, 1.54) is 0 Å². The molecule has 0 aromatic carbocycles. The molecule has 2 atom stereocenters. The molecule has 0 bridgehead atoms. The number of carbonyl (C=O) groups excluding carboxylic acids is 6. The number of aliphatic carboxylic acids is 2. The number of unbranched alkanes of at least 4 members (excludes halogenated alkanes) is 2. The first kappa shape index (κ1) is 57.2. The van der Waals surface area contributed by atoms with Crippen LogP contribution in [0.25, 0.3) is 0 Å². The van der Waals surface area contributed by atoms with Crippen molar-refractivity contribution in [3.63, 3.8) is 0 Å². The molecule has 2 aliphatic rings. The van der Waals surface area contributed by atoms with E-state index in [9.17, 15) is 38.4 Å². The molecular formula is C46H70O20. The van der Waals surface area contributed by atoms with Crippen molar-refractivity contribution in [3.05, 3.63) is 25.3 Å². The standard InChI is InChI=1S/C46H70O20/c1-3-23-57-32-60-29-37(66-42(50)10-9-25-59-31-58-24-5-6-27-62-45(55)35-15-11-33(12-16-35)43(51)52)19-20-38(65-39(47)4-2)30-64-41(49)22-21-40(48)61-26-7-8-28-63-46(56)36-17-13-34(14-18-36)44(53)54/h3-4,33-38H,1-2,5-32H2,(H,51,52)(H,53,54). The minimum absolute atomic E-state index is 0.00636. The van der Waals surface area contributed by atoms with E-state index >= 15 is 0 Å². The number of hydrogen-bond acceptors (Lipinski definition) is 18. The van der Waals surface area contributed by atoms with Gasteiger partial charge < -0.3 is 57.6 Å². The van der Waals surface area contributed by atoms with Gasteiger partial charge in [-0.25, -0.2) is 4.79 Å². The normalized spacial score (nSPS) is 19.0. The maximum atomic E-state index is 12.7. The highest BCUT2D eigenvalue weighted by molar-refractivity contribution is 5.81. The lowest BCUT2D eigenvalue weighted by Crippen LogP contribution is -2.29. The topological polar surface area (TPSA) is 269 Å². The zero-order valence-electron chi connectivity index (χ0n) is 38.1. The molecule has 0 heterocycles. The Morgan fingerprint density at radius 1 is 0.485 bits per heavy atom. The lowest BCUT2D eigenvalue weighted by Gasteiger charge is -2.24. The van der Waals surface area contributed by atoms with E-state index in [-0.39, 0.29) is 122 Å². The van der Waals surface area contributed by atoms with Gasteiger partial charge in [-0.15, -0.1) is 6.58 Å². The predicted molar refractivity (Wildman–Crippen MR) is 230 cm³/mol. The van der Waals surface area contributed by atoms with E-state index in [0.717, 1.165) is 6.08 Å². The van der Waals surface area contributed by atoms with Gasteiger partial charge in [-0.1, -0.05) is 12.7 Å². The van der Waals surface area contributed by atoms with Crippen LogP contribution in [0.15, 0.2) is 25.3 Å². The Morgan fingerprint density at radius 2 is 0.939 bits per heavy atom. The molecule has 2 fully saturated rings. The van der Waals surface area contributed by atoms with Gasteiger partial charge in [0, 0.05) is 25.7 Å². The summed E-state index contributed by atoms with van der Waals surface area (Å²) in [6, 6.07) is 0. The Balaban J connectivity index is 1.63. The summed E-state index contributed by atoms with van der Waals surface area (Å²) in [7, 11) is 0. The SMILES string of the molecule is C=CCOCOCC(CCC(COC(=O)CCC(=O)OCCCCOC(=O)C1CCC(C(=O)O)CC1)OC(=O)C=C)OC(=O)CCCOCOCCCCOC(=O)C1CCC(C(=O)O)CC1. The largest absolute Gasteiger partial charge is 0.481 e. The van der Waals surface area contributed by atoms with Gasteiger partial charge in [0.05, 0.1) is 69.5 Å². The molecule has 2 saturated carbocycles. The number of carbonyl (C=O) groups is 8. The average Bonchev–Trinajstić information content (AvgIpc) is 3.31. The van der Waals surface area contributed by atoms with E-state index in [4.69, 9.17) is 57.6 Å². The van der Waals surface area contributed by atoms with Crippen LogP contribution in [-0.4, -0.2) is 137 Å². The molecule has 66 heavy (non-hydrogen) atoms. The van der Waals surface area contributed by atoms with Crippen molar-refractivity contribution < 1.29 is 95.9 Å². The molecule has 20 nitrogen and oxygen atoms in total. The first-order chi connectivity index (χ1) is 31.8. The highest BCUT2D eigenvalue weighted by Crippen LogP contribution is 2.31. The van der Waals surface area contributed by atoms with Crippen molar-refractivity contribution in [2.45, 2.75) is 128 Å². The summed E-state index contributed by atoms with van der Waals surface area (Å²) in [6.45, 7) is 7.77. The summed E-state index contributed by atoms with van der Waals surface area (Å²) in [6.07, 6.45) is 6.79. The van der Waals surface area contributed by atoms with Crippen LogP contribution in [0.2, 0.25) is 0 Å². The van der Waals surface area contributed by atoms with Crippen LogP contribution in [-0.2, 0) is 85.7 Å². The van der Waals surface area contributed by atoms with Gasteiger partial charge in [0.1, 0.15) is 32.4 Å². The molecule has 374 valence electrons. The molecule has 0 aliphatic heterocycles. The van der Waals surface area contributed by atoms with Crippen molar-refractivity contribution in [1.82, 2.24) is 0 Å². The van der Waals surface area contributed by atoms with E-state index in [1.807, 2.05) is 0 Å². The average molecular weight is 943 g/mol. The van der Waals surface area contributed by atoms with Crippen LogP contribution in [0, 0.1) is 23.7 Å². The molecule has 2 rings (SSSR count). The molecule has 0 saturated heterocycles. The van der Waals surface area contributed by atoms with E-state index in [1.54, 1.807) is 6.08 Å². The fourth-order valence-electron chi connectivity index (χ4n) is 7.01. The minimum atomic E-state index is -0.946. The molecule has 0 radical (unpaired) electrons. The maximum absolute atomic E-state index is 12.7. The summed E-state index contributed by atoms with van der Waals surface area (Å²) in [5.74, 6) is -6.32. The van der Waals surface area contributed by atoms with E-state index in [0.29, 0.717) is 90.1 Å². The van der Waals surface area contributed by atoms with E-state index < -0.39 is 53.9 Å². The van der Waals surface area contributed by atoms with Crippen molar-refractivity contribution in [3.8, 4) is 0 Å².